The molecular formula is C10H10N6O4. The Hall–Kier alpha value is -3.04. The molecule has 0 fully saturated rings. The van der Waals surface area contributed by atoms with Crippen LogP contribution in [0.5, 0.6) is 0 Å². The number of anilines is 1. The lowest BCUT2D eigenvalue weighted by Crippen LogP contribution is -2.11. The summed E-state index contributed by atoms with van der Waals surface area (Å²) in [7, 11) is 0. The summed E-state index contributed by atoms with van der Waals surface area (Å²) in [5.41, 5.74) is 0.496. The molecule has 2 heterocycles. The highest BCUT2D eigenvalue weighted by molar-refractivity contribution is 5.84. The first kappa shape index (κ1) is 13.4. The summed E-state index contributed by atoms with van der Waals surface area (Å²) in [5.74, 6) is -1.36. The SMILES string of the molecule is O=C(O)c1cn(CCNc2ccc([N+](=O)[O-])nc2)nn1. The minimum absolute atomic E-state index is 0.123. The van der Waals surface area contributed by atoms with Crippen molar-refractivity contribution in [2.45, 2.75) is 6.54 Å². The number of carboxylic acid groups (broad SMARTS) is 1. The number of nitro groups is 1. The topological polar surface area (TPSA) is 136 Å². The molecule has 10 nitrogen and oxygen atoms in total. The number of aromatic nitrogens is 4. The van der Waals surface area contributed by atoms with Crippen molar-refractivity contribution in [1.82, 2.24) is 20.0 Å². The Morgan fingerprint density at radius 2 is 2.30 bits per heavy atom. The zero-order valence-electron chi connectivity index (χ0n) is 10.1. The average Bonchev–Trinajstić information content (AvgIpc) is 2.88. The van der Waals surface area contributed by atoms with E-state index in [1.165, 1.54) is 29.2 Å². The molecule has 2 aromatic rings. The predicted octanol–water partition coefficient (Wildman–Crippen LogP) is 0.392. The van der Waals surface area contributed by atoms with Crippen LogP contribution in [0.2, 0.25) is 0 Å². The molecule has 10 heteroatoms. The van der Waals surface area contributed by atoms with Crippen LogP contribution in [0.25, 0.3) is 0 Å². The van der Waals surface area contributed by atoms with Gasteiger partial charge in [0.05, 0.1) is 18.4 Å². The van der Waals surface area contributed by atoms with Crippen LogP contribution >= 0.6 is 0 Å². The Bertz CT molecular complexity index is 623. The quantitative estimate of drug-likeness (QED) is 0.572. The third-order valence-corrected chi connectivity index (χ3v) is 2.36. The van der Waals surface area contributed by atoms with Crippen molar-refractivity contribution in [3.05, 3.63) is 40.3 Å². The molecule has 0 amide bonds. The van der Waals surface area contributed by atoms with Crippen LogP contribution in [-0.4, -0.2) is 42.5 Å². The number of hydrogen-bond acceptors (Lipinski definition) is 7. The van der Waals surface area contributed by atoms with Crippen LogP contribution in [0.4, 0.5) is 11.5 Å². The summed E-state index contributed by atoms with van der Waals surface area (Å²) in [6.45, 7) is 0.846. The van der Waals surface area contributed by atoms with Gasteiger partial charge in [0.2, 0.25) is 0 Å². The molecule has 0 aromatic carbocycles. The first-order valence-corrected chi connectivity index (χ1v) is 5.54. The summed E-state index contributed by atoms with van der Waals surface area (Å²) in [4.78, 5) is 24.1. The molecule has 2 N–H and O–H groups in total. The minimum Gasteiger partial charge on any atom is -0.476 e. The van der Waals surface area contributed by atoms with Crippen LogP contribution < -0.4 is 5.32 Å². The van der Waals surface area contributed by atoms with Gasteiger partial charge in [-0.25, -0.2) is 9.48 Å². The second-order valence-corrected chi connectivity index (χ2v) is 3.76. The zero-order chi connectivity index (χ0) is 14.5. The van der Waals surface area contributed by atoms with E-state index >= 15 is 0 Å². The van der Waals surface area contributed by atoms with Gasteiger partial charge in [-0.2, -0.15) is 0 Å². The van der Waals surface area contributed by atoms with Gasteiger partial charge in [-0.1, -0.05) is 5.21 Å². The van der Waals surface area contributed by atoms with E-state index in [1.807, 2.05) is 0 Å². The summed E-state index contributed by atoms with van der Waals surface area (Å²) in [6, 6.07) is 2.83. The Morgan fingerprint density at radius 3 is 2.85 bits per heavy atom. The lowest BCUT2D eigenvalue weighted by atomic mass is 10.4. The number of hydrogen-bond donors (Lipinski definition) is 2. The molecule has 2 rings (SSSR count). The summed E-state index contributed by atoms with van der Waals surface area (Å²) in [6.07, 6.45) is 2.67. The molecule has 104 valence electrons. The molecular weight excluding hydrogens is 268 g/mol. The number of carbonyl (C=O) groups is 1. The van der Waals surface area contributed by atoms with Gasteiger partial charge in [0, 0.05) is 12.6 Å². The molecule has 0 saturated carbocycles. The first-order valence-electron chi connectivity index (χ1n) is 5.54. The number of pyridine rings is 1. The van der Waals surface area contributed by atoms with Gasteiger partial charge in [-0.15, -0.1) is 5.10 Å². The number of aromatic carboxylic acids is 1. The number of carboxylic acids is 1. The number of nitrogens with zero attached hydrogens (tertiary/aromatic N) is 5. The van der Waals surface area contributed by atoms with Crippen molar-refractivity contribution in [3.8, 4) is 0 Å². The van der Waals surface area contributed by atoms with Crippen LogP contribution in [0.1, 0.15) is 10.5 Å². The van der Waals surface area contributed by atoms with Gasteiger partial charge >= 0.3 is 11.8 Å². The predicted molar refractivity (Wildman–Crippen MR) is 66.4 cm³/mol. The molecule has 0 aliphatic heterocycles. The molecule has 0 aliphatic rings. The molecule has 0 atom stereocenters. The lowest BCUT2D eigenvalue weighted by Gasteiger charge is -2.03. The Morgan fingerprint density at radius 1 is 1.50 bits per heavy atom. The molecule has 0 aliphatic carbocycles. The molecule has 0 radical (unpaired) electrons. The van der Waals surface area contributed by atoms with Crippen LogP contribution in [0.15, 0.2) is 24.5 Å². The standard InChI is InChI=1S/C10H10N6O4/c17-10(18)8-6-15(14-13-8)4-3-11-7-1-2-9(12-5-7)16(19)20/h1-2,5-6,11H,3-4H2,(H,17,18). The van der Waals surface area contributed by atoms with E-state index in [9.17, 15) is 14.9 Å². The van der Waals surface area contributed by atoms with Crippen molar-refractivity contribution in [2.75, 3.05) is 11.9 Å². The highest BCUT2D eigenvalue weighted by Gasteiger charge is 2.08. The second kappa shape index (κ2) is 5.73. The largest absolute Gasteiger partial charge is 0.476 e. The van der Waals surface area contributed by atoms with Crippen LogP contribution in [-0.2, 0) is 6.54 Å². The van der Waals surface area contributed by atoms with E-state index < -0.39 is 10.9 Å². The van der Waals surface area contributed by atoms with Crippen molar-refractivity contribution in [1.29, 1.82) is 0 Å². The normalized spacial score (nSPS) is 10.2. The van der Waals surface area contributed by atoms with Crippen molar-refractivity contribution in [2.24, 2.45) is 0 Å². The monoisotopic (exact) mass is 278 g/mol. The van der Waals surface area contributed by atoms with Crippen molar-refractivity contribution >= 4 is 17.5 Å². The Kier molecular flexibility index (Phi) is 3.84. The van der Waals surface area contributed by atoms with E-state index in [1.54, 1.807) is 0 Å². The number of nitrogens with one attached hydrogen (secondary N) is 1. The third-order valence-electron chi connectivity index (χ3n) is 2.36. The maximum atomic E-state index is 10.6. The summed E-state index contributed by atoms with van der Waals surface area (Å²) >= 11 is 0. The maximum absolute atomic E-state index is 10.6. The van der Waals surface area contributed by atoms with Gasteiger partial charge in [-0.3, -0.25) is 0 Å². The van der Waals surface area contributed by atoms with Crippen molar-refractivity contribution < 1.29 is 14.8 Å². The smallest absolute Gasteiger partial charge is 0.363 e. The molecule has 0 spiro atoms. The third kappa shape index (κ3) is 3.25. The van der Waals surface area contributed by atoms with E-state index in [2.05, 4.69) is 20.6 Å². The molecule has 20 heavy (non-hydrogen) atoms. The fraction of sp³-hybridized carbons (Fsp3) is 0.200. The molecule has 0 bridgehead atoms. The van der Waals surface area contributed by atoms with E-state index in [0.717, 1.165) is 0 Å². The van der Waals surface area contributed by atoms with Crippen molar-refractivity contribution in [3.63, 3.8) is 0 Å². The molecule has 0 unspecified atom stereocenters. The minimum atomic E-state index is -1.14. The van der Waals surface area contributed by atoms with E-state index in [-0.39, 0.29) is 11.5 Å². The van der Waals surface area contributed by atoms with Crippen LogP contribution in [0.3, 0.4) is 0 Å². The van der Waals surface area contributed by atoms with Gasteiger partial charge < -0.3 is 20.5 Å². The summed E-state index contributed by atoms with van der Waals surface area (Å²) in [5, 5.41) is 29.2. The van der Waals surface area contributed by atoms with E-state index in [4.69, 9.17) is 5.11 Å². The fourth-order valence-corrected chi connectivity index (χ4v) is 1.42. The first-order chi connectivity index (χ1) is 9.56. The zero-order valence-corrected chi connectivity index (χ0v) is 10.1. The fourth-order valence-electron chi connectivity index (χ4n) is 1.42. The Balaban J connectivity index is 1.85. The highest BCUT2D eigenvalue weighted by atomic mass is 16.6. The summed E-state index contributed by atoms with van der Waals surface area (Å²) < 4.78 is 1.38. The average molecular weight is 278 g/mol. The second-order valence-electron chi connectivity index (χ2n) is 3.76. The van der Waals surface area contributed by atoms with Crippen LogP contribution in [0, 0.1) is 10.1 Å². The molecule has 2 aromatic heterocycles. The Labute approximate surface area is 112 Å². The van der Waals surface area contributed by atoms with Gasteiger partial charge in [-0.05, 0) is 16.0 Å². The number of rotatable bonds is 6. The maximum Gasteiger partial charge on any atom is 0.363 e. The van der Waals surface area contributed by atoms with Gasteiger partial charge in [0.15, 0.2) is 11.9 Å². The van der Waals surface area contributed by atoms with Gasteiger partial charge in [0.1, 0.15) is 0 Å². The lowest BCUT2D eigenvalue weighted by molar-refractivity contribution is -0.389. The van der Waals surface area contributed by atoms with Gasteiger partial charge in [0.25, 0.3) is 0 Å². The highest BCUT2D eigenvalue weighted by Crippen LogP contribution is 2.10. The van der Waals surface area contributed by atoms with E-state index in [0.29, 0.717) is 18.8 Å². The molecule has 0 saturated heterocycles.